The predicted octanol–water partition coefficient (Wildman–Crippen LogP) is 5.12. The number of carbonyl (C=O) groups is 1. The van der Waals surface area contributed by atoms with Crippen molar-refractivity contribution in [3.63, 3.8) is 0 Å². The van der Waals surface area contributed by atoms with Crippen molar-refractivity contribution in [2.75, 3.05) is 11.9 Å². The zero-order valence-corrected chi connectivity index (χ0v) is 14.9. The van der Waals surface area contributed by atoms with Crippen LogP contribution in [0.15, 0.2) is 29.6 Å². The molecule has 0 atom stereocenters. The summed E-state index contributed by atoms with van der Waals surface area (Å²) in [6.07, 6.45) is 6.51. The summed E-state index contributed by atoms with van der Waals surface area (Å²) in [6.45, 7) is 2.82. The average molecular weight is 344 g/mol. The maximum atomic E-state index is 12.1. The van der Waals surface area contributed by atoms with Crippen molar-refractivity contribution >= 4 is 22.4 Å². The van der Waals surface area contributed by atoms with E-state index in [1.165, 1.54) is 37.0 Å². The predicted molar refractivity (Wildman–Crippen MR) is 98.5 cm³/mol. The van der Waals surface area contributed by atoms with Gasteiger partial charge >= 0.3 is 0 Å². The Morgan fingerprint density at radius 2 is 2.04 bits per heavy atom. The molecule has 5 heteroatoms. The van der Waals surface area contributed by atoms with Gasteiger partial charge in [0.15, 0.2) is 5.13 Å². The molecule has 24 heavy (non-hydrogen) atoms. The van der Waals surface area contributed by atoms with Gasteiger partial charge in [0.2, 0.25) is 5.91 Å². The molecule has 1 aliphatic rings. The van der Waals surface area contributed by atoms with Gasteiger partial charge in [0.25, 0.3) is 0 Å². The van der Waals surface area contributed by atoms with Gasteiger partial charge < -0.3 is 10.1 Å². The summed E-state index contributed by atoms with van der Waals surface area (Å²) in [7, 11) is 0. The van der Waals surface area contributed by atoms with Crippen molar-refractivity contribution in [1.29, 1.82) is 0 Å². The van der Waals surface area contributed by atoms with Crippen molar-refractivity contribution in [3.8, 4) is 17.0 Å². The Morgan fingerprint density at radius 1 is 1.29 bits per heavy atom. The molecule has 0 bridgehead atoms. The molecule has 0 radical (unpaired) electrons. The van der Waals surface area contributed by atoms with E-state index in [2.05, 4.69) is 17.2 Å². The highest BCUT2D eigenvalue weighted by Crippen LogP contribution is 2.29. The highest BCUT2D eigenvalue weighted by atomic mass is 32.1. The first-order chi connectivity index (χ1) is 11.7. The smallest absolute Gasteiger partial charge is 0.226 e. The molecule has 1 amide bonds. The fraction of sp³-hybridized carbons (Fsp3) is 0.474. The van der Waals surface area contributed by atoms with Gasteiger partial charge in [-0.2, -0.15) is 0 Å². The van der Waals surface area contributed by atoms with Crippen LogP contribution in [-0.4, -0.2) is 17.5 Å². The van der Waals surface area contributed by atoms with Crippen molar-refractivity contribution < 1.29 is 9.53 Å². The quantitative estimate of drug-likeness (QED) is 0.758. The monoisotopic (exact) mass is 344 g/mol. The lowest BCUT2D eigenvalue weighted by atomic mass is 10.0. The normalized spacial score (nSPS) is 14.7. The van der Waals surface area contributed by atoms with Crippen LogP contribution in [0.4, 0.5) is 5.13 Å². The van der Waals surface area contributed by atoms with E-state index in [0.29, 0.717) is 17.5 Å². The number of nitrogens with zero attached hydrogens (tertiary/aromatic N) is 1. The van der Waals surface area contributed by atoms with E-state index < -0.39 is 0 Å². The van der Waals surface area contributed by atoms with Crippen LogP contribution in [0.3, 0.4) is 0 Å². The molecule has 0 saturated heterocycles. The Kier molecular flexibility index (Phi) is 5.86. The van der Waals surface area contributed by atoms with Crippen LogP contribution in [0.2, 0.25) is 0 Å². The Hall–Kier alpha value is -1.88. The van der Waals surface area contributed by atoms with Crippen LogP contribution in [0.1, 0.15) is 45.4 Å². The summed E-state index contributed by atoms with van der Waals surface area (Å²) >= 11 is 1.47. The van der Waals surface area contributed by atoms with Crippen LogP contribution >= 0.6 is 11.3 Å². The third-order valence-corrected chi connectivity index (χ3v) is 5.08. The molecule has 0 spiro atoms. The molecule has 0 aliphatic heterocycles. The van der Waals surface area contributed by atoms with E-state index in [4.69, 9.17) is 4.74 Å². The molecule has 1 heterocycles. The molecular formula is C19H24N2O2S. The Morgan fingerprint density at radius 3 is 2.75 bits per heavy atom. The van der Waals surface area contributed by atoms with Crippen LogP contribution in [0.5, 0.6) is 5.75 Å². The number of benzene rings is 1. The summed E-state index contributed by atoms with van der Waals surface area (Å²) in [5, 5.41) is 5.60. The standard InChI is InChI=1S/C19H24N2O2S/c1-2-11-23-16-9-7-15(8-10-16)17-13-24-19(20-17)21-18(22)12-14-5-3-4-6-14/h7-10,13-14H,2-6,11-12H2,1H3,(H,20,21,22). The molecule has 1 saturated carbocycles. The molecule has 1 fully saturated rings. The number of thiazole rings is 1. The van der Waals surface area contributed by atoms with Gasteiger partial charge in [0.05, 0.1) is 12.3 Å². The van der Waals surface area contributed by atoms with Crippen LogP contribution in [-0.2, 0) is 4.79 Å². The minimum absolute atomic E-state index is 0.0890. The summed E-state index contributed by atoms with van der Waals surface area (Å²) in [5.74, 6) is 1.52. The van der Waals surface area contributed by atoms with Gasteiger partial charge in [-0.05, 0) is 49.4 Å². The number of ether oxygens (including phenoxy) is 1. The first-order valence-electron chi connectivity index (χ1n) is 8.73. The summed E-state index contributed by atoms with van der Waals surface area (Å²) in [6, 6.07) is 7.93. The molecule has 1 N–H and O–H groups in total. The number of hydrogen-bond acceptors (Lipinski definition) is 4. The Balaban J connectivity index is 1.57. The van der Waals surface area contributed by atoms with Crippen molar-refractivity contribution in [2.24, 2.45) is 5.92 Å². The number of amides is 1. The second-order valence-corrected chi connectivity index (χ2v) is 7.17. The molecule has 4 nitrogen and oxygen atoms in total. The first-order valence-corrected chi connectivity index (χ1v) is 9.61. The molecule has 1 aromatic heterocycles. The maximum absolute atomic E-state index is 12.1. The van der Waals surface area contributed by atoms with Crippen molar-refractivity contribution in [2.45, 2.75) is 45.4 Å². The molecule has 0 unspecified atom stereocenters. The molecular weight excluding hydrogens is 320 g/mol. The lowest BCUT2D eigenvalue weighted by Gasteiger charge is -2.07. The second-order valence-electron chi connectivity index (χ2n) is 6.31. The van der Waals surface area contributed by atoms with Crippen LogP contribution in [0, 0.1) is 5.92 Å². The maximum Gasteiger partial charge on any atom is 0.226 e. The number of aromatic nitrogens is 1. The largest absolute Gasteiger partial charge is 0.494 e. The Labute approximate surface area is 147 Å². The van der Waals surface area contributed by atoms with E-state index in [0.717, 1.165) is 30.0 Å². The van der Waals surface area contributed by atoms with Crippen molar-refractivity contribution in [1.82, 2.24) is 4.98 Å². The van der Waals surface area contributed by atoms with Crippen LogP contribution in [0.25, 0.3) is 11.3 Å². The Bertz CT molecular complexity index is 660. The van der Waals surface area contributed by atoms with Gasteiger partial charge in [-0.1, -0.05) is 19.8 Å². The molecule has 2 aromatic rings. The lowest BCUT2D eigenvalue weighted by Crippen LogP contribution is -2.14. The molecule has 1 aromatic carbocycles. The van der Waals surface area contributed by atoms with E-state index in [1.54, 1.807) is 0 Å². The van der Waals surface area contributed by atoms with Gasteiger partial charge in [-0.15, -0.1) is 11.3 Å². The van der Waals surface area contributed by atoms with Gasteiger partial charge in [0.1, 0.15) is 5.75 Å². The number of carbonyl (C=O) groups excluding carboxylic acids is 1. The van der Waals surface area contributed by atoms with E-state index in [1.807, 2.05) is 29.6 Å². The van der Waals surface area contributed by atoms with Gasteiger partial charge in [-0.25, -0.2) is 4.98 Å². The van der Waals surface area contributed by atoms with Gasteiger partial charge in [-0.3, -0.25) is 4.79 Å². The highest BCUT2D eigenvalue weighted by Gasteiger charge is 2.19. The molecule has 3 rings (SSSR count). The lowest BCUT2D eigenvalue weighted by molar-refractivity contribution is -0.117. The van der Waals surface area contributed by atoms with Crippen LogP contribution < -0.4 is 10.1 Å². The van der Waals surface area contributed by atoms with Crippen molar-refractivity contribution in [3.05, 3.63) is 29.6 Å². The zero-order valence-electron chi connectivity index (χ0n) is 14.1. The second kappa shape index (κ2) is 8.29. The number of nitrogens with one attached hydrogen (secondary N) is 1. The zero-order chi connectivity index (χ0) is 16.8. The SMILES string of the molecule is CCCOc1ccc(-c2csc(NC(=O)CC3CCCC3)n2)cc1. The minimum Gasteiger partial charge on any atom is -0.494 e. The van der Waals surface area contributed by atoms with E-state index in [9.17, 15) is 4.79 Å². The highest BCUT2D eigenvalue weighted by molar-refractivity contribution is 7.14. The fourth-order valence-corrected chi connectivity index (χ4v) is 3.79. The summed E-state index contributed by atoms with van der Waals surface area (Å²) in [5.41, 5.74) is 1.92. The fourth-order valence-electron chi connectivity index (χ4n) is 3.05. The summed E-state index contributed by atoms with van der Waals surface area (Å²) in [4.78, 5) is 16.6. The third-order valence-electron chi connectivity index (χ3n) is 4.32. The van der Waals surface area contributed by atoms with Gasteiger partial charge in [0, 0.05) is 17.4 Å². The third kappa shape index (κ3) is 4.57. The minimum atomic E-state index is 0.0890. The topological polar surface area (TPSA) is 51.2 Å². The molecule has 128 valence electrons. The first kappa shape index (κ1) is 17.0. The number of anilines is 1. The molecule has 1 aliphatic carbocycles. The summed E-state index contributed by atoms with van der Waals surface area (Å²) < 4.78 is 5.59. The average Bonchev–Trinajstić information content (AvgIpc) is 3.25. The number of rotatable bonds is 7. The number of hydrogen-bond donors (Lipinski definition) is 1. The van der Waals surface area contributed by atoms with E-state index in [-0.39, 0.29) is 5.91 Å². The van der Waals surface area contributed by atoms with E-state index >= 15 is 0 Å².